The van der Waals surface area contributed by atoms with E-state index in [1.54, 1.807) is 4.72 Å². The van der Waals surface area contributed by atoms with E-state index in [9.17, 15) is 17.2 Å². The molecule has 0 saturated heterocycles. The molecule has 4 nitrogen and oxygen atoms in total. The standard InChI is InChI=1S/C5H10F2N2O2S/c6-5(7)3-1-2-4(5)9-12(8,10)11/h4,9H,1-3H2,(H2,8,10,11). The number of rotatable bonds is 2. The summed E-state index contributed by atoms with van der Waals surface area (Å²) in [5.74, 6) is -2.95. The molecular formula is C5H10F2N2O2S. The second-order valence-corrected chi connectivity index (χ2v) is 4.19. The fourth-order valence-electron chi connectivity index (χ4n) is 1.27. The third-order valence-electron chi connectivity index (χ3n) is 1.82. The molecule has 0 bridgehead atoms. The Balaban J connectivity index is 2.65. The van der Waals surface area contributed by atoms with Crippen LogP contribution in [0.5, 0.6) is 0 Å². The molecule has 7 heteroatoms. The fraction of sp³-hybridized carbons (Fsp3) is 1.00. The van der Waals surface area contributed by atoms with Crippen LogP contribution in [-0.4, -0.2) is 20.4 Å². The summed E-state index contributed by atoms with van der Waals surface area (Å²) in [6, 6.07) is -1.33. The van der Waals surface area contributed by atoms with Gasteiger partial charge in [-0.15, -0.1) is 0 Å². The van der Waals surface area contributed by atoms with Crippen molar-refractivity contribution in [1.82, 2.24) is 4.72 Å². The van der Waals surface area contributed by atoms with Crippen LogP contribution in [0.2, 0.25) is 0 Å². The van der Waals surface area contributed by atoms with Gasteiger partial charge in [-0.2, -0.15) is 13.1 Å². The van der Waals surface area contributed by atoms with Crippen molar-refractivity contribution in [2.24, 2.45) is 5.14 Å². The molecule has 0 radical (unpaired) electrons. The molecule has 1 aliphatic carbocycles. The summed E-state index contributed by atoms with van der Waals surface area (Å²) < 4.78 is 48.0. The molecule has 1 atom stereocenters. The van der Waals surface area contributed by atoms with Gasteiger partial charge < -0.3 is 0 Å². The highest BCUT2D eigenvalue weighted by Gasteiger charge is 2.45. The van der Waals surface area contributed by atoms with Crippen molar-refractivity contribution in [3.63, 3.8) is 0 Å². The minimum Gasteiger partial charge on any atom is -0.216 e. The SMILES string of the molecule is NS(=O)(=O)NC1CCCC1(F)F. The van der Waals surface area contributed by atoms with Crippen LogP contribution in [0, 0.1) is 0 Å². The lowest BCUT2D eigenvalue weighted by Crippen LogP contribution is -2.46. The summed E-state index contributed by atoms with van der Waals surface area (Å²) in [7, 11) is -4.01. The molecular weight excluding hydrogens is 190 g/mol. The molecule has 1 unspecified atom stereocenters. The van der Waals surface area contributed by atoms with Crippen LogP contribution in [-0.2, 0) is 10.2 Å². The zero-order valence-corrected chi connectivity index (χ0v) is 7.07. The van der Waals surface area contributed by atoms with Gasteiger partial charge in [-0.1, -0.05) is 0 Å². The van der Waals surface area contributed by atoms with Crippen molar-refractivity contribution in [2.75, 3.05) is 0 Å². The van der Waals surface area contributed by atoms with E-state index in [0.29, 0.717) is 6.42 Å². The Kier molecular flexibility index (Phi) is 2.37. The van der Waals surface area contributed by atoms with Crippen molar-refractivity contribution < 1.29 is 17.2 Å². The first-order valence-corrected chi connectivity index (χ1v) is 5.04. The molecule has 0 aromatic carbocycles. The normalized spacial score (nSPS) is 29.1. The van der Waals surface area contributed by atoms with E-state index in [-0.39, 0.29) is 12.8 Å². The summed E-state index contributed by atoms with van der Waals surface area (Å²) in [5, 5.41) is 4.56. The van der Waals surface area contributed by atoms with E-state index in [1.165, 1.54) is 0 Å². The molecule has 0 aromatic rings. The molecule has 1 aliphatic rings. The van der Waals surface area contributed by atoms with E-state index in [4.69, 9.17) is 0 Å². The average molecular weight is 200 g/mol. The lowest BCUT2D eigenvalue weighted by Gasteiger charge is -2.18. The van der Waals surface area contributed by atoms with Crippen molar-refractivity contribution in [1.29, 1.82) is 0 Å². The minimum absolute atomic E-state index is 0.142. The minimum atomic E-state index is -4.01. The maximum absolute atomic E-state index is 12.8. The lowest BCUT2D eigenvalue weighted by molar-refractivity contribution is -0.0113. The lowest BCUT2D eigenvalue weighted by atomic mass is 10.2. The van der Waals surface area contributed by atoms with Gasteiger partial charge in [0.05, 0.1) is 6.04 Å². The van der Waals surface area contributed by atoms with Gasteiger partial charge in [0.25, 0.3) is 16.1 Å². The molecule has 1 saturated carbocycles. The topological polar surface area (TPSA) is 72.2 Å². The van der Waals surface area contributed by atoms with Crippen molar-refractivity contribution in [3.8, 4) is 0 Å². The summed E-state index contributed by atoms with van der Waals surface area (Å²) >= 11 is 0. The molecule has 1 rings (SSSR count). The number of nitrogens with two attached hydrogens (primary N) is 1. The molecule has 0 amide bonds. The Bertz CT molecular complexity index is 265. The number of halogens is 2. The van der Waals surface area contributed by atoms with Crippen LogP contribution < -0.4 is 9.86 Å². The van der Waals surface area contributed by atoms with Crippen LogP contribution in [0.25, 0.3) is 0 Å². The van der Waals surface area contributed by atoms with Gasteiger partial charge in [0, 0.05) is 6.42 Å². The van der Waals surface area contributed by atoms with Crippen LogP contribution in [0.4, 0.5) is 8.78 Å². The zero-order valence-electron chi connectivity index (χ0n) is 6.26. The fourth-order valence-corrected chi connectivity index (χ4v) is 1.96. The molecule has 72 valence electrons. The van der Waals surface area contributed by atoms with Gasteiger partial charge >= 0.3 is 0 Å². The van der Waals surface area contributed by atoms with Gasteiger partial charge in [-0.25, -0.2) is 13.9 Å². The van der Waals surface area contributed by atoms with Gasteiger partial charge in [-0.05, 0) is 12.8 Å². The number of hydrogen-bond acceptors (Lipinski definition) is 2. The number of hydrogen-bond donors (Lipinski definition) is 2. The summed E-state index contributed by atoms with van der Waals surface area (Å²) in [5.41, 5.74) is 0. The Labute approximate surface area is 69.3 Å². The molecule has 0 aliphatic heterocycles. The summed E-state index contributed by atoms with van der Waals surface area (Å²) in [6.45, 7) is 0. The van der Waals surface area contributed by atoms with E-state index in [0.717, 1.165) is 0 Å². The predicted octanol–water partition coefficient (Wildman–Crippen LogP) is -0.0327. The highest BCUT2D eigenvalue weighted by Crippen LogP contribution is 2.35. The van der Waals surface area contributed by atoms with E-state index < -0.39 is 22.2 Å². The summed E-state index contributed by atoms with van der Waals surface area (Å²) in [6.07, 6.45) is 0.184. The predicted molar refractivity (Wildman–Crippen MR) is 38.8 cm³/mol. The van der Waals surface area contributed by atoms with E-state index >= 15 is 0 Å². The Hall–Kier alpha value is -0.270. The van der Waals surface area contributed by atoms with E-state index in [2.05, 4.69) is 5.14 Å². The van der Waals surface area contributed by atoms with Gasteiger partial charge in [0.1, 0.15) is 0 Å². The Morgan fingerprint density at radius 1 is 1.50 bits per heavy atom. The van der Waals surface area contributed by atoms with E-state index in [1.807, 2.05) is 0 Å². The first-order chi connectivity index (χ1) is 5.31. The van der Waals surface area contributed by atoms with Crippen molar-refractivity contribution in [2.45, 2.75) is 31.2 Å². The average Bonchev–Trinajstić information content (AvgIpc) is 2.07. The molecule has 0 aromatic heterocycles. The smallest absolute Gasteiger partial charge is 0.216 e. The largest absolute Gasteiger partial charge is 0.274 e. The monoisotopic (exact) mass is 200 g/mol. The Morgan fingerprint density at radius 2 is 2.08 bits per heavy atom. The maximum Gasteiger partial charge on any atom is 0.274 e. The third kappa shape index (κ3) is 2.36. The van der Waals surface area contributed by atoms with Crippen LogP contribution in [0.1, 0.15) is 19.3 Å². The van der Waals surface area contributed by atoms with Gasteiger partial charge in [0.2, 0.25) is 0 Å². The van der Waals surface area contributed by atoms with Crippen LogP contribution in [0.3, 0.4) is 0 Å². The maximum atomic E-state index is 12.8. The molecule has 1 fully saturated rings. The zero-order chi connectivity index (χ0) is 9.41. The first-order valence-electron chi connectivity index (χ1n) is 3.49. The number of alkyl halides is 2. The second kappa shape index (κ2) is 2.90. The second-order valence-electron chi connectivity index (χ2n) is 2.87. The van der Waals surface area contributed by atoms with Crippen LogP contribution >= 0.6 is 0 Å². The van der Waals surface area contributed by atoms with Crippen LogP contribution in [0.15, 0.2) is 0 Å². The highest BCUT2D eigenvalue weighted by molar-refractivity contribution is 7.87. The third-order valence-corrected chi connectivity index (χ3v) is 2.43. The first kappa shape index (κ1) is 9.82. The molecule has 12 heavy (non-hydrogen) atoms. The van der Waals surface area contributed by atoms with Gasteiger partial charge in [-0.3, -0.25) is 0 Å². The summed E-state index contributed by atoms with van der Waals surface area (Å²) in [4.78, 5) is 0. The number of nitrogens with one attached hydrogen (secondary N) is 1. The molecule has 3 N–H and O–H groups in total. The van der Waals surface area contributed by atoms with Crippen molar-refractivity contribution in [3.05, 3.63) is 0 Å². The molecule has 0 spiro atoms. The van der Waals surface area contributed by atoms with Gasteiger partial charge in [0.15, 0.2) is 0 Å². The Morgan fingerprint density at radius 3 is 2.42 bits per heavy atom. The highest BCUT2D eigenvalue weighted by atomic mass is 32.2. The molecule has 0 heterocycles. The quantitative estimate of drug-likeness (QED) is 0.656. The van der Waals surface area contributed by atoms with Crippen molar-refractivity contribution >= 4 is 10.2 Å².